The third-order valence-corrected chi connectivity index (χ3v) is 4.05. The molecular weight excluding hydrogens is 482 g/mol. The molecule has 0 radical (unpaired) electrons. The Morgan fingerprint density at radius 2 is 1.93 bits per heavy atom. The molecule has 1 atom stereocenters. The van der Waals surface area contributed by atoms with Gasteiger partial charge in [-0.05, 0) is 31.9 Å². The fourth-order valence-corrected chi connectivity index (χ4v) is 2.91. The first kappa shape index (κ1) is 23.9. The van der Waals surface area contributed by atoms with Crippen LogP contribution in [0.2, 0.25) is 0 Å². The molecule has 0 aromatic heterocycles. The summed E-state index contributed by atoms with van der Waals surface area (Å²) in [6.07, 6.45) is -3.54. The molecule has 1 aromatic rings. The number of rotatable bonds is 6. The Hall–Kier alpha value is -1.17. The number of likely N-dealkylation sites (tertiary alicyclic amines) is 1. The van der Waals surface area contributed by atoms with Gasteiger partial charge < -0.3 is 10.6 Å². The van der Waals surface area contributed by atoms with Crippen molar-refractivity contribution < 1.29 is 22.0 Å². The molecule has 2 N–H and O–H groups in total. The van der Waals surface area contributed by atoms with E-state index in [1.165, 1.54) is 23.1 Å². The third-order valence-electron chi connectivity index (χ3n) is 4.05. The first-order chi connectivity index (χ1) is 12.3. The quantitative estimate of drug-likeness (QED) is 0.269. The third kappa shape index (κ3) is 8.16. The van der Waals surface area contributed by atoms with Crippen molar-refractivity contribution in [3.05, 3.63) is 35.4 Å². The van der Waals surface area contributed by atoms with Crippen LogP contribution >= 0.6 is 24.0 Å². The van der Waals surface area contributed by atoms with Gasteiger partial charge in [0, 0.05) is 37.8 Å². The highest BCUT2D eigenvalue weighted by Crippen LogP contribution is 2.20. The molecule has 0 aliphatic carbocycles. The number of alkyl halides is 3. The molecule has 0 spiro atoms. The number of halogens is 6. The molecule has 27 heavy (non-hydrogen) atoms. The van der Waals surface area contributed by atoms with Crippen molar-refractivity contribution in [3.8, 4) is 0 Å². The number of hydrogen-bond donors (Lipinski definition) is 2. The Labute approximate surface area is 172 Å². The van der Waals surface area contributed by atoms with Gasteiger partial charge in [-0.25, -0.2) is 8.78 Å². The summed E-state index contributed by atoms with van der Waals surface area (Å²) in [5.74, 6) is -0.795. The summed E-state index contributed by atoms with van der Waals surface area (Å²) in [5.41, 5.74) is -0.0238. The maximum Gasteiger partial charge on any atom is 0.401 e. The van der Waals surface area contributed by atoms with Crippen molar-refractivity contribution in [3.63, 3.8) is 0 Å². The summed E-state index contributed by atoms with van der Waals surface area (Å²) in [6, 6.07) is 3.54. The largest absolute Gasteiger partial charge is 0.401 e. The van der Waals surface area contributed by atoms with Gasteiger partial charge in [-0.2, -0.15) is 13.2 Å². The normalized spacial score (nSPS) is 18.3. The average molecular weight is 506 g/mol. The van der Waals surface area contributed by atoms with Gasteiger partial charge in [-0.15, -0.1) is 24.0 Å². The molecular formula is C17H24F5IN4. The van der Waals surface area contributed by atoms with Crippen LogP contribution < -0.4 is 10.6 Å². The summed E-state index contributed by atoms with van der Waals surface area (Å²) >= 11 is 0. The predicted octanol–water partition coefficient (Wildman–Crippen LogP) is 3.32. The maximum absolute atomic E-state index is 13.6. The van der Waals surface area contributed by atoms with E-state index in [9.17, 15) is 22.0 Å². The predicted molar refractivity (Wildman–Crippen MR) is 105 cm³/mol. The topological polar surface area (TPSA) is 39.7 Å². The second kappa shape index (κ2) is 11.0. The van der Waals surface area contributed by atoms with Crippen LogP contribution in [0.1, 0.15) is 18.9 Å². The van der Waals surface area contributed by atoms with E-state index in [1.807, 2.05) is 6.92 Å². The van der Waals surface area contributed by atoms with Gasteiger partial charge in [0.25, 0.3) is 0 Å². The van der Waals surface area contributed by atoms with Crippen LogP contribution in [-0.2, 0) is 6.42 Å². The minimum atomic E-state index is -4.21. The Morgan fingerprint density at radius 3 is 2.52 bits per heavy atom. The van der Waals surface area contributed by atoms with Gasteiger partial charge in [-0.3, -0.25) is 9.89 Å². The van der Waals surface area contributed by atoms with Crippen molar-refractivity contribution in [2.24, 2.45) is 4.99 Å². The fourth-order valence-electron chi connectivity index (χ4n) is 2.91. The van der Waals surface area contributed by atoms with Crippen LogP contribution in [0.25, 0.3) is 0 Å². The highest BCUT2D eigenvalue weighted by atomic mass is 127. The van der Waals surface area contributed by atoms with E-state index in [1.54, 1.807) is 0 Å². The molecule has 2 rings (SSSR count). The first-order valence-corrected chi connectivity index (χ1v) is 8.55. The monoisotopic (exact) mass is 506 g/mol. The number of aliphatic imine (C=N–C) groups is 1. The summed E-state index contributed by atoms with van der Waals surface area (Å²) in [7, 11) is 0. The zero-order valence-corrected chi connectivity index (χ0v) is 17.3. The van der Waals surface area contributed by atoms with E-state index in [0.717, 1.165) is 0 Å². The summed E-state index contributed by atoms with van der Waals surface area (Å²) < 4.78 is 64.6. The van der Waals surface area contributed by atoms with E-state index in [4.69, 9.17) is 0 Å². The van der Waals surface area contributed by atoms with Gasteiger partial charge in [0.1, 0.15) is 11.6 Å². The van der Waals surface area contributed by atoms with Crippen molar-refractivity contribution in [2.45, 2.75) is 32.0 Å². The zero-order chi connectivity index (χ0) is 19.2. The Balaban J connectivity index is 0.00000364. The average Bonchev–Trinajstić information content (AvgIpc) is 2.95. The Morgan fingerprint density at radius 1 is 1.26 bits per heavy atom. The molecule has 1 saturated heterocycles. The summed E-state index contributed by atoms with van der Waals surface area (Å²) in [6.45, 7) is 2.29. The minimum absolute atomic E-state index is 0. The number of guanidine groups is 1. The molecule has 1 aliphatic rings. The second-order valence-corrected chi connectivity index (χ2v) is 6.19. The van der Waals surface area contributed by atoms with Gasteiger partial charge in [0.2, 0.25) is 0 Å². The Bertz CT molecular complexity index is 604. The summed E-state index contributed by atoms with van der Waals surface area (Å²) in [4.78, 5) is 5.62. The van der Waals surface area contributed by atoms with E-state index < -0.39 is 24.4 Å². The lowest BCUT2D eigenvalue weighted by Gasteiger charge is -2.19. The lowest BCUT2D eigenvalue weighted by molar-refractivity contribution is -0.143. The molecule has 1 aromatic carbocycles. The van der Waals surface area contributed by atoms with Crippen molar-refractivity contribution >= 4 is 29.9 Å². The van der Waals surface area contributed by atoms with Crippen LogP contribution in [0.15, 0.2) is 23.2 Å². The standard InChI is InChI=1S/C17H23F5N4.HI/c1-2-23-16(24-8-6-13-14(18)4-3-5-15(13)19)25-12-7-9-26(10-12)11-17(20,21)22;/h3-5,12H,2,6-11H2,1H3,(H2,23,24,25);1H. The van der Waals surface area contributed by atoms with E-state index in [2.05, 4.69) is 15.6 Å². The highest BCUT2D eigenvalue weighted by Gasteiger charge is 2.34. The van der Waals surface area contributed by atoms with Crippen molar-refractivity contribution in [1.82, 2.24) is 15.5 Å². The molecule has 1 unspecified atom stereocenters. The fraction of sp³-hybridized carbons (Fsp3) is 0.588. The SMILES string of the molecule is CCNC(=NCCc1c(F)cccc1F)NC1CCN(CC(F)(F)F)C1.I. The molecule has 0 amide bonds. The highest BCUT2D eigenvalue weighted by molar-refractivity contribution is 14.0. The van der Waals surface area contributed by atoms with Crippen LogP contribution in [0.3, 0.4) is 0 Å². The van der Waals surface area contributed by atoms with Crippen LogP contribution in [0.4, 0.5) is 22.0 Å². The second-order valence-electron chi connectivity index (χ2n) is 6.19. The van der Waals surface area contributed by atoms with Gasteiger partial charge in [-0.1, -0.05) is 6.07 Å². The molecule has 1 heterocycles. The molecule has 154 valence electrons. The molecule has 0 bridgehead atoms. The number of hydrogen-bond acceptors (Lipinski definition) is 2. The first-order valence-electron chi connectivity index (χ1n) is 8.55. The molecule has 10 heteroatoms. The van der Waals surface area contributed by atoms with Gasteiger partial charge in [0.05, 0.1) is 6.54 Å². The van der Waals surface area contributed by atoms with Gasteiger partial charge in [0.15, 0.2) is 5.96 Å². The minimum Gasteiger partial charge on any atom is -0.357 e. The lowest BCUT2D eigenvalue weighted by atomic mass is 10.1. The van der Waals surface area contributed by atoms with Crippen LogP contribution in [0, 0.1) is 11.6 Å². The van der Waals surface area contributed by atoms with E-state index in [-0.39, 0.29) is 55.1 Å². The number of nitrogens with zero attached hydrogens (tertiary/aromatic N) is 2. The smallest absolute Gasteiger partial charge is 0.357 e. The molecule has 1 aliphatic heterocycles. The van der Waals surface area contributed by atoms with Gasteiger partial charge >= 0.3 is 6.18 Å². The maximum atomic E-state index is 13.6. The molecule has 0 saturated carbocycles. The van der Waals surface area contributed by atoms with Crippen LogP contribution in [-0.4, -0.2) is 55.8 Å². The van der Waals surface area contributed by atoms with E-state index in [0.29, 0.717) is 25.5 Å². The number of benzene rings is 1. The number of nitrogens with one attached hydrogen (secondary N) is 2. The molecule has 4 nitrogen and oxygen atoms in total. The van der Waals surface area contributed by atoms with E-state index >= 15 is 0 Å². The van der Waals surface area contributed by atoms with Crippen LogP contribution in [0.5, 0.6) is 0 Å². The Kier molecular flexibility index (Phi) is 9.71. The van der Waals surface area contributed by atoms with Crippen molar-refractivity contribution in [1.29, 1.82) is 0 Å². The lowest BCUT2D eigenvalue weighted by Crippen LogP contribution is -2.45. The molecule has 1 fully saturated rings. The van der Waals surface area contributed by atoms with Crippen molar-refractivity contribution in [2.75, 3.05) is 32.7 Å². The summed E-state index contributed by atoms with van der Waals surface area (Å²) in [5, 5.41) is 6.09. The zero-order valence-electron chi connectivity index (χ0n) is 15.0.